The van der Waals surface area contributed by atoms with Gasteiger partial charge in [0.2, 0.25) is 0 Å². The smallest absolute Gasteiger partial charge is 0.103 e. The number of nitriles is 1. The van der Waals surface area contributed by atoms with Crippen LogP contribution in [0.1, 0.15) is 11.1 Å². The van der Waals surface area contributed by atoms with Crippen LogP contribution < -0.4 is 11.1 Å². The highest BCUT2D eigenvalue weighted by Gasteiger charge is 2.01. The minimum Gasteiger partial charge on any atom is -0.398 e. The maximum atomic E-state index is 8.84. The van der Waals surface area contributed by atoms with Gasteiger partial charge in [-0.15, -0.1) is 0 Å². The predicted octanol–water partition coefficient (Wildman–Crippen LogP) is 0.711. The number of rotatable bonds is 1. The molecule has 0 saturated heterocycles. The number of anilines is 1. The summed E-state index contributed by atoms with van der Waals surface area (Å²) in [4.78, 5) is 0. The summed E-state index contributed by atoms with van der Waals surface area (Å²) in [6, 6.07) is 7.32. The Balaban J connectivity index is 3.06. The van der Waals surface area contributed by atoms with Gasteiger partial charge in [0.1, 0.15) is 6.07 Å². The van der Waals surface area contributed by atoms with Gasteiger partial charge >= 0.3 is 0 Å². The Morgan fingerprint density at radius 3 is 2.93 bits per heavy atom. The molecule has 3 heteroatoms. The van der Waals surface area contributed by atoms with E-state index < -0.39 is 0 Å². The summed E-state index contributed by atoms with van der Waals surface area (Å²) < 4.78 is 0. The fourth-order valence-corrected chi connectivity index (χ4v) is 1.03. The number of nitrogens with two attached hydrogens (primary N) is 1. The van der Waals surface area contributed by atoms with Gasteiger partial charge in [-0.3, -0.25) is 0 Å². The molecule has 0 radical (unpaired) electrons. The van der Waals surface area contributed by atoms with Crippen molar-refractivity contribution in [3.63, 3.8) is 0 Å². The zero-order valence-corrected chi connectivity index (χ0v) is 7.96. The van der Waals surface area contributed by atoms with E-state index in [1.54, 1.807) is 18.2 Å². The highest BCUT2D eigenvalue weighted by atomic mass is 14.8. The third-order valence-electron chi connectivity index (χ3n) is 1.70. The van der Waals surface area contributed by atoms with E-state index in [1.165, 1.54) is 0 Å². The lowest BCUT2D eigenvalue weighted by Crippen LogP contribution is -2.04. The van der Waals surface area contributed by atoms with Crippen molar-refractivity contribution in [2.75, 3.05) is 19.3 Å². The van der Waals surface area contributed by atoms with Gasteiger partial charge < -0.3 is 11.1 Å². The Morgan fingerprint density at radius 2 is 2.29 bits per heavy atom. The van der Waals surface area contributed by atoms with Crippen LogP contribution in [-0.4, -0.2) is 13.6 Å². The maximum Gasteiger partial charge on any atom is 0.103 e. The number of nitrogens with zero attached hydrogens (tertiary/aromatic N) is 1. The molecule has 0 bridgehead atoms. The highest BCUT2D eigenvalue weighted by molar-refractivity contribution is 5.62. The van der Waals surface area contributed by atoms with Crippen LogP contribution in [0.5, 0.6) is 0 Å². The van der Waals surface area contributed by atoms with Crippen molar-refractivity contribution in [2.45, 2.75) is 0 Å². The van der Waals surface area contributed by atoms with Gasteiger partial charge in [0.05, 0.1) is 17.8 Å². The van der Waals surface area contributed by atoms with Crippen LogP contribution in [0.2, 0.25) is 0 Å². The molecule has 3 N–H and O–H groups in total. The molecule has 3 nitrogen and oxygen atoms in total. The quantitative estimate of drug-likeness (QED) is 0.500. The lowest BCUT2D eigenvalue weighted by molar-refractivity contribution is 0.938. The van der Waals surface area contributed by atoms with E-state index in [0.29, 0.717) is 23.4 Å². The van der Waals surface area contributed by atoms with Crippen LogP contribution in [0.4, 0.5) is 5.69 Å². The minimum atomic E-state index is 0.455. The van der Waals surface area contributed by atoms with E-state index in [0.717, 1.165) is 0 Å². The van der Waals surface area contributed by atoms with Crippen molar-refractivity contribution in [3.8, 4) is 17.9 Å². The topological polar surface area (TPSA) is 61.8 Å². The summed E-state index contributed by atoms with van der Waals surface area (Å²) >= 11 is 0. The molecule has 0 unspecified atom stereocenters. The molecule has 14 heavy (non-hydrogen) atoms. The molecule has 1 aromatic rings. The molecular formula is C11H11N3. The van der Waals surface area contributed by atoms with Gasteiger partial charge in [0, 0.05) is 5.56 Å². The summed E-state index contributed by atoms with van der Waals surface area (Å²) in [5.41, 5.74) is 7.24. The molecule has 0 atom stereocenters. The van der Waals surface area contributed by atoms with E-state index in [4.69, 9.17) is 11.0 Å². The van der Waals surface area contributed by atoms with Crippen molar-refractivity contribution in [1.82, 2.24) is 5.32 Å². The summed E-state index contributed by atoms with van der Waals surface area (Å²) in [7, 11) is 1.82. The zero-order valence-electron chi connectivity index (χ0n) is 7.96. The lowest BCUT2D eigenvalue weighted by atomic mass is 10.1. The first-order valence-electron chi connectivity index (χ1n) is 4.21. The van der Waals surface area contributed by atoms with Gasteiger partial charge in [0.15, 0.2) is 0 Å². The average Bonchev–Trinajstić information content (AvgIpc) is 2.18. The van der Waals surface area contributed by atoms with Crippen molar-refractivity contribution in [2.24, 2.45) is 0 Å². The van der Waals surface area contributed by atoms with Crippen molar-refractivity contribution in [1.29, 1.82) is 5.26 Å². The summed E-state index contributed by atoms with van der Waals surface area (Å²) in [6.07, 6.45) is 0. The van der Waals surface area contributed by atoms with Crippen LogP contribution in [0, 0.1) is 23.2 Å². The normalized spacial score (nSPS) is 8.57. The standard InChI is InChI=1S/C11H11N3/c1-14-7-3-5-9-4-2-6-11(13)10(9)8-12/h2,4,6,14H,7,13H2,1H3. The molecule has 0 aromatic heterocycles. The Kier molecular flexibility index (Phi) is 3.55. The number of nitrogens with one attached hydrogen (secondary N) is 1. The Morgan fingerprint density at radius 1 is 1.50 bits per heavy atom. The summed E-state index contributed by atoms with van der Waals surface area (Å²) in [5, 5.41) is 11.7. The van der Waals surface area contributed by atoms with Gasteiger partial charge in [-0.05, 0) is 19.2 Å². The molecule has 0 spiro atoms. The molecule has 0 heterocycles. The van der Waals surface area contributed by atoms with Crippen LogP contribution in [0.3, 0.4) is 0 Å². The molecule has 0 amide bonds. The largest absolute Gasteiger partial charge is 0.398 e. The van der Waals surface area contributed by atoms with Gasteiger partial charge in [-0.25, -0.2) is 0 Å². The monoisotopic (exact) mass is 185 g/mol. The maximum absolute atomic E-state index is 8.84. The van der Waals surface area contributed by atoms with Crippen molar-refractivity contribution < 1.29 is 0 Å². The van der Waals surface area contributed by atoms with Crippen molar-refractivity contribution >= 4 is 5.69 Å². The molecule has 0 saturated carbocycles. The molecular weight excluding hydrogens is 174 g/mol. The van der Waals surface area contributed by atoms with Crippen molar-refractivity contribution in [3.05, 3.63) is 29.3 Å². The molecule has 0 fully saturated rings. The van der Waals surface area contributed by atoms with E-state index in [9.17, 15) is 0 Å². The molecule has 1 rings (SSSR count). The molecule has 70 valence electrons. The second kappa shape index (κ2) is 4.91. The molecule has 0 aliphatic rings. The molecule has 1 aromatic carbocycles. The zero-order chi connectivity index (χ0) is 10.4. The first-order chi connectivity index (χ1) is 6.79. The molecule has 0 aliphatic heterocycles. The van der Waals surface area contributed by atoms with Crippen LogP contribution >= 0.6 is 0 Å². The van der Waals surface area contributed by atoms with Gasteiger partial charge in [-0.1, -0.05) is 17.9 Å². The second-order valence-corrected chi connectivity index (χ2v) is 2.71. The third-order valence-corrected chi connectivity index (χ3v) is 1.70. The average molecular weight is 185 g/mol. The Labute approximate surface area is 83.5 Å². The van der Waals surface area contributed by atoms with Crippen LogP contribution in [0.15, 0.2) is 18.2 Å². The number of hydrogen-bond donors (Lipinski definition) is 2. The van der Waals surface area contributed by atoms with Gasteiger partial charge in [-0.2, -0.15) is 5.26 Å². The predicted molar refractivity (Wildman–Crippen MR) is 56.4 cm³/mol. The van der Waals surface area contributed by atoms with E-state index in [2.05, 4.69) is 17.2 Å². The minimum absolute atomic E-state index is 0.455. The Hall–Kier alpha value is -1.97. The van der Waals surface area contributed by atoms with Gasteiger partial charge in [0.25, 0.3) is 0 Å². The second-order valence-electron chi connectivity index (χ2n) is 2.71. The fraction of sp³-hybridized carbons (Fsp3) is 0.182. The van der Waals surface area contributed by atoms with Crippen LogP contribution in [-0.2, 0) is 0 Å². The first kappa shape index (κ1) is 10.1. The Bertz CT molecular complexity index is 418. The lowest BCUT2D eigenvalue weighted by Gasteiger charge is -1.98. The number of benzene rings is 1. The SMILES string of the molecule is CNCC#Cc1cccc(N)c1C#N. The van der Waals surface area contributed by atoms with E-state index in [-0.39, 0.29) is 0 Å². The van der Waals surface area contributed by atoms with Crippen LogP contribution in [0.25, 0.3) is 0 Å². The number of hydrogen-bond acceptors (Lipinski definition) is 3. The fourth-order valence-electron chi connectivity index (χ4n) is 1.03. The third kappa shape index (κ3) is 2.26. The summed E-state index contributed by atoms with van der Waals surface area (Å²) in [6.45, 7) is 0.597. The highest BCUT2D eigenvalue weighted by Crippen LogP contribution is 2.14. The van der Waals surface area contributed by atoms with E-state index >= 15 is 0 Å². The van der Waals surface area contributed by atoms with E-state index in [1.807, 2.05) is 13.1 Å². The first-order valence-corrected chi connectivity index (χ1v) is 4.21. The number of nitrogen functional groups attached to an aromatic ring is 1. The molecule has 0 aliphatic carbocycles. The summed E-state index contributed by atoms with van der Waals surface area (Å²) in [5.74, 6) is 5.78.